The molecule has 1 fully saturated rings. The van der Waals surface area contributed by atoms with Crippen LogP contribution < -0.4 is 10.1 Å². The molecule has 1 aliphatic rings. The standard InChI is InChI=1S/C6H8N2OS.2ClH/c1-2-10-6(8-1)9-5-3-7-4-5;;/h1-2,5,7H,3-4H2;2*1H. The SMILES string of the molecule is Cl.Cl.c1csc(OC2CNC2)n1. The monoisotopic (exact) mass is 228 g/mol. The number of rotatable bonds is 2. The molecule has 1 aromatic heterocycles. The topological polar surface area (TPSA) is 34.1 Å². The minimum absolute atomic E-state index is 0. The smallest absolute Gasteiger partial charge is 0.273 e. The first kappa shape index (κ1) is 12.0. The van der Waals surface area contributed by atoms with Crippen molar-refractivity contribution in [3.63, 3.8) is 0 Å². The molecule has 0 saturated carbocycles. The van der Waals surface area contributed by atoms with Gasteiger partial charge in [-0.25, -0.2) is 4.98 Å². The lowest BCUT2D eigenvalue weighted by Gasteiger charge is -2.26. The molecule has 1 N–H and O–H groups in total. The lowest BCUT2D eigenvalue weighted by atomic mass is 10.2. The molecular formula is C6H10Cl2N2OS. The molecule has 2 rings (SSSR count). The highest BCUT2D eigenvalue weighted by atomic mass is 35.5. The second-order valence-electron chi connectivity index (χ2n) is 2.20. The maximum Gasteiger partial charge on any atom is 0.273 e. The highest BCUT2D eigenvalue weighted by Gasteiger charge is 2.18. The molecule has 3 nitrogen and oxygen atoms in total. The molecule has 1 aliphatic heterocycles. The summed E-state index contributed by atoms with van der Waals surface area (Å²) < 4.78 is 5.44. The molecule has 6 heteroatoms. The third-order valence-electron chi connectivity index (χ3n) is 1.42. The molecule has 70 valence electrons. The zero-order chi connectivity index (χ0) is 6.81. The Bertz CT molecular complexity index is 203. The van der Waals surface area contributed by atoms with E-state index in [1.165, 1.54) is 11.3 Å². The van der Waals surface area contributed by atoms with Crippen molar-refractivity contribution in [3.05, 3.63) is 11.6 Å². The predicted molar refractivity (Wildman–Crippen MR) is 53.9 cm³/mol. The molecule has 0 unspecified atom stereocenters. The Hall–Kier alpha value is -0.0300. The van der Waals surface area contributed by atoms with Gasteiger partial charge in [-0.05, 0) is 0 Å². The Morgan fingerprint density at radius 3 is 2.67 bits per heavy atom. The largest absolute Gasteiger partial charge is 0.464 e. The Morgan fingerprint density at radius 2 is 2.25 bits per heavy atom. The van der Waals surface area contributed by atoms with Gasteiger partial charge in [-0.1, -0.05) is 11.3 Å². The van der Waals surface area contributed by atoms with Crippen LogP contribution in [-0.2, 0) is 0 Å². The number of halogens is 2. The van der Waals surface area contributed by atoms with Crippen molar-refractivity contribution >= 4 is 36.2 Å². The van der Waals surface area contributed by atoms with Crippen LogP contribution in [0.3, 0.4) is 0 Å². The van der Waals surface area contributed by atoms with Crippen LogP contribution in [0, 0.1) is 0 Å². The molecular weight excluding hydrogens is 219 g/mol. The number of hydrogen-bond acceptors (Lipinski definition) is 4. The minimum Gasteiger partial charge on any atom is -0.464 e. The van der Waals surface area contributed by atoms with Gasteiger partial charge in [0.15, 0.2) is 0 Å². The maximum atomic E-state index is 5.44. The van der Waals surface area contributed by atoms with Crippen molar-refractivity contribution in [1.29, 1.82) is 0 Å². The van der Waals surface area contributed by atoms with Gasteiger partial charge in [0.25, 0.3) is 5.19 Å². The number of ether oxygens (including phenoxy) is 1. The summed E-state index contributed by atoms with van der Waals surface area (Å²) in [5, 5.41) is 5.83. The lowest BCUT2D eigenvalue weighted by Crippen LogP contribution is -2.50. The number of aromatic nitrogens is 1. The van der Waals surface area contributed by atoms with Gasteiger partial charge in [-0.2, -0.15) is 0 Å². The fraction of sp³-hybridized carbons (Fsp3) is 0.500. The fourth-order valence-electron chi connectivity index (χ4n) is 0.757. The van der Waals surface area contributed by atoms with E-state index >= 15 is 0 Å². The van der Waals surface area contributed by atoms with Crippen LogP contribution in [0.5, 0.6) is 5.19 Å². The Kier molecular flexibility index (Phi) is 5.57. The summed E-state index contributed by atoms with van der Waals surface area (Å²) in [6, 6.07) is 0. The van der Waals surface area contributed by atoms with Gasteiger partial charge in [0, 0.05) is 24.7 Å². The number of nitrogens with zero attached hydrogens (tertiary/aromatic N) is 1. The summed E-state index contributed by atoms with van der Waals surface area (Å²) in [4.78, 5) is 4.01. The van der Waals surface area contributed by atoms with E-state index in [1.54, 1.807) is 6.20 Å². The van der Waals surface area contributed by atoms with Crippen molar-refractivity contribution in [1.82, 2.24) is 10.3 Å². The van der Waals surface area contributed by atoms with E-state index in [0.717, 1.165) is 18.3 Å². The second kappa shape index (κ2) is 5.59. The van der Waals surface area contributed by atoms with Crippen LogP contribution in [0.4, 0.5) is 0 Å². The molecule has 12 heavy (non-hydrogen) atoms. The van der Waals surface area contributed by atoms with Gasteiger partial charge in [-0.15, -0.1) is 24.8 Å². The molecule has 0 radical (unpaired) electrons. The van der Waals surface area contributed by atoms with E-state index in [-0.39, 0.29) is 24.8 Å². The molecule has 0 atom stereocenters. The zero-order valence-electron chi connectivity index (χ0n) is 6.23. The van der Waals surface area contributed by atoms with E-state index < -0.39 is 0 Å². The van der Waals surface area contributed by atoms with E-state index in [0.29, 0.717) is 6.10 Å². The predicted octanol–water partition coefficient (Wildman–Crippen LogP) is 1.34. The average Bonchev–Trinajstić information content (AvgIpc) is 2.29. The van der Waals surface area contributed by atoms with Crippen molar-refractivity contribution in [2.75, 3.05) is 13.1 Å². The van der Waals surface area contributed by atoms with Gasteiger partial charge in [0.1, 0.15) is 6.10 Å². The first-order chi connectivity index (χ1) is 4.95. The minimum atomic E-state index is 0. The van der Waals surface area contributed by atoms with E-state index in [9.17, 15) is 0 Å². The third kappa shape index (κ3) is 2.79. The first-order valence-electron chi connectivity index (χ1n) is 3.22. The number of thiazole rings is 1. The molecule has 1 saturated heterocycles. The van der Waals surface area contributed by atoms with Gasteiger partial charge in [0.2, 0.25) is 0 Å². The summed E-state index contributed by atoms with van der Waals surface area (Å²) in [7, 11) is 0. The summed E-state index contributed by atoms with van der Waals surface area (Å²) in [6.07, 6.45) is 2.11. The van der Waals surface area contributed by atoms with Crippen LogP contribution in [0.25, 0.3) is 0 Å². The molecule has 0 amide bonds. The summed E-state index contributed by atoms with van der Waals surface area (Å²) in [5.41, 5.74) is 0. The number of hydrogen-bond donors (Lipinski definition) is 1. The van der Waals surface area contributed by atoms with Crippen molar-refractivity contribution in [3.8, 4) is 5.19 Å². The van der Waals surface area contributed by atoms with Gasteiger partial charge >= 0.3 is 0 Å². The maximum absolute atomic E-state index is 5.44. The van der Waals surface area contributed by atoms with Crippen LogP contribution in [0.2, 0.25) is 0 Å². The number of nitrogens with one attached hydrogen (secondary N) is 1. The summed E-state index contributed by atoms with van der Waals surface area (Å²) in [6.45, 7) is 1.92. The Labute approximate surface area is 87.4 Å². The quantitative estimate of drug-likeness (QED) is 0.830. The normalized spacial score (nSPS) is 15.3. The second-order valence-corrected chi connectivity index (χ2v) is 3.05. The van der Waals surface area contributed by atoms with Crippen molar-refractivity contribution in [2.24, 2.45) is 0 Å². The Morgan fingerprint density at radius 1 is 1.50 bits per heavy atom. The average molecular weight is 229 g/mol. The lowest BCUT2D eigenvalue weighted by molar-refractivity contribution is 0.142. The van der Waals surface area contributed by atoms with E-state index in [1.807, 2.05) is 5.38 Å². The van der Waals surface area contributed by atoms with Crippen molar-refractivity contribution in [2.45, 2.75) is 6.10 Å². The van der Waals surface area contributed by atoms with Crippen LogP contribution in [0.15, 0.2) is 11.6 Å². The molecule has 0 bridgehead atoms. The summed E-state index contributed by atoms with van der Waals surface area (Å²) in [5.74, 6) is 0. The molecule has 0 aliphatic carbocycles. The van der Waals surface area contributed by atoms with E-state index in [4.69, 9.17) is 4.74 Å². The highest BCUT2D eigenvalue weighted by molar-refractivity contribution is 7.11. The Balaban J connectivity index is 0.000000605. The molecule has 2 heterocycles. The zero-order valence-corrected chi connectivity index (χ0v) is 8.68. The van der Waals surface area contributed by atoms with Gasteiger partial charge in [-0.3, -0.25) is 0 Å². The fourth-order valence-corrected chi connectivity index (χ4v) is 1.31. The summed E-state index contributed by atoms with van der Waals surface area (Å²) >= 11 is 1.54. The third-order valence-corrected chi connectivity index (χ3v) is 2.08. The van der Waals surface area contributed by atoms with Crippen LogP contribution in [-0.4, -0.2) is 24.2 Å². The van der Waals surface area contributed by atoms with Gasteiger partial charge < -0.3 is 10.1 Å². The molecule has 1 aromatic rings. The van der Waals surface area contributed by atoms with Crippen LogP contribution >= 0.6 is 36.2 Å². The molecule has 0 aromatic carbocycles. The van der Waals surface area contributed by atoms with Crippen molar-refractivity contribution < 1.29 is 4.74 Å². The van der Waals surface area contributed by atoms with Gasteiger partial charge in [0.05, 0.1) is 0 Å². The van der Waals surface area contributed by atoms with E-state index in [2.05, 4.69) is 10.3 Å². The molecule has 0 spiro atoms. The highest BCUT2D eigenvalue weighted by Crippen LogP contribution is 2.16. The first-order valence-corrected chi connectivity index (χ1v) is 4.10. The van der Waals surface area contributed by atoms with Crippen LogP contribution in [0.1, 0.15) is 0 Å².